The molecule has 1 aliphatic heterocycles. The molecular weight excluding hydrogens is 236 g/mol. The Morgan fingerprint density at radius 2 is 2.35 bits per heavy atom. The molecule has 0 radical (unpaired) electrons. The predicted octanol–water partition coefficient (Wildman–Crippen LogP) is 2.36. The molecule has 1 aliphatic rings. The number of halogens is 1. The minimum Gasteiger partial charge on any atom is -0.328 e. The van der Waals surface area contributed by atoms with Gasteiger partial charge >= 0.3 is 0 Å². The fraction of sp³-hybridized carbons (Fsp3) is 0.462. The van der Waals surface area contributed by atoms with Crippen LogP contribution in [0.15, 0.2) is 18.2 Å². The molecule has 2 N–H and O–H groups in total. The lowest BCUT2D eigenvalue weighted by Crippen LogP contribution is -2.30. The van der Waals surface area contributed by atoms with Crippen LogP contribution in [0.1, 0.15) is 25.3 Å². The second kappa shape index (κ2) is 5.07. The molecule has 1 atom stereocenters. The first-order valence-corrected chi connectivity index (χ1v) is 6.30. The van der Waals surface area contributed by atoms with Crippen LogP contribution in [0.5, 0.6) is 0 Å². The number of nitrogens with zero attached hydrogens (tertiary/aromatic N) is 1. The molecule has 3 nitrogen and oxygen atoms in total. The number of hydrogen-bond donors (Lipinski definition) is 1. The van der Waals surface area contributed by atoms with Gasteiger partial charge in [-0.1, -0.05) is 17.7 Å². The molecule has 1 unspecified atom stereocenters. The van der Waals surface area contributed by atoms with Gasteiger partial charge in [0.15, 0.2) is 0 Å². The fourth-order valence-corrected chi connectivity index (χ4v) is 2.40. The molecule has 0 saturated heterocycles. The average Bonchev–Trinajstić information content (AvgIpc) is 2.71. The largest absolute Gasteiger partial charge is 0.328 e. The second-order valence-electron chi connectivity index (χ2n) is 4.55. The molecule has 0 aromatic heterocycles. The van der Waals surface area contributed by atoms with Gasteiger partial charge in [0.05, 0.1) is 0 Å². The molecule has 0 saturated carbocycles. The Labute approximate surface area is 107 Å². The summed E-state index contributed by atoms with van der Waals surface area (Å²) in [5.74, 6) is 0.142. The molecule has 0 aliphatic carbocycles. The highest BCUT2D eigenvalue weighted by Crippen LogP contribution is 2.33. The summed E-state index contributed by atoms with van der Waals surface area (Å²) in [5, 5.41) is 0.755. The third-order valence-corrected chi connectivity index (χ3v) is 3.44. The Morgan fingerprint density at radius 3 is 3.06 bits per heavy atom. The lowest BCUT2D eigenvalue weighted by molar-refractivity contribution is -0.118. The van der Waals surface area contributed by atoms with Crippen molar-refractivity contribution in [1.29, 1.82) is 0 Å². The van der Waals surface area contributed by atoms with E-state index in [1.165, 1.54) is 0 Å². The first-order chi connectivity index (χ1) is 8.09. The maximum atomic E-state index is 12.1. The van der Waals surface area contributed by atoms with Gasteiger partial charge in [-0.2, -0.15) is 0 Å². The highest BCUT2D eigenvalue weighted by Gasteiger charge is 2.25. The highest BCUT2D eigenvalue weighted by molar-refractivity contribution is 6.32. The molecule has 1 amide bonds. The summed E-state index contributed by atoms with van der Waals surface area (Å²) in [5.41, 5.74) is 7.72. The molecule has 0 fully saturated rings. The van der Waals surface area contributed by atoms with Gasteiger partial charge < -0.3 is 10.6 Å². The summed E-state index contributed by atoms with van der Waals surface area (Å²) < 4.78 is 0. The zero-order valence-corrected chi connectivity index (χ0v) is 10.7. The minimum absolute atomic E-state index is 0.0698. The van der Waals surface area contributed by atoms with Crippen molar-refractivity contribution in [2.75, 3.05) is 11.4 Å². The van der Waals surface area contributed by atoms with Crippen LogP contribution in [0, 0.1) is 0 Å². The molecule has 17 heavy (non-hydrogen) atoms. The molecule has 92 valence electrons. The number of amides is 1. The molecular formula is C13H17ClN2O. The number of hydrogen-bond acceptors (Lipinski definition) is 2. The van der Waals surface area contributed by atoms with Gasteiger partial charge in [0.2, 0.25) is 5.91 Å². The smallest absolute Gasteiger partial charge is 0.227 e. The van der Waals surface area contributed by atoms with E-state index in [1.807, 2.05) is 30.0 Å². The fourth-order valence-electron chi connectivity index (χ4n) is 2.14. The van der Waals surface area contributed by atoms with Crippen molar-refractivity contribution in [2.24, 2.45) is 5.73 Å². The summed E-state index contributed by atoms with van der Waals surface area (Å²) >= 11 is 6.11. The lowest BCUT2D eigenvalue weighted by atomic mass is 10.1. The first kappa shape index (κ1) is 12.4. The third-order valence-electron chi connectivity index (χ3n) is 3.08. The van der Waals surface area contributed by atoms with E-state index in [0.29, 0.717) is 6.42 Å². The molecule has 1 aromatic rings. The van der Waals surface area contributed by atoms with Crippen LogP contribution < -0.4 is 10.6 Å². The lowest BCUT2D eigenvalue weighted by Gasteiger charge is -2.18. The Bertz CT molecular complexity index is 431. The molecule has 4 heteroatoms. The summed E-state index contributed by atoms with van der Waals surface area (Å²) in [4.78, 5) is 13.9. The quantitative estimate of drug-likeness (QED) is 0.898. The number of fused-ring (bicyclic) bond motifs is 1. The molecule has 1 aromatic carbocycles. The van der Waals surface area contributed by atoms with Crippen LogP contribution >= 0.6 is 11.6 Å². The normalized spacial score (nSPS) is 15.8. The topological polar surface area (TPSA) is 46.3 Å². The third kappa shape index (κ3) is 2.61. The summed E-state index contributed by atoms with van der Waals surface area (Å²) in [6, 6.07) is 5.78. The van der Waals surface area contributed by atoms with E-state index in [0.717, 1.165) is 35.7 Å². The number of anilines is 1. The summed E-state index contributed by atoms with van der Waals surface area (Å²) in [6.07, 6.45) is 2.08. The van der Waals surface area contributed by atoms with Crippen molar-refractivity contribution in [3.05, 3.63) is 28.8 Å². The van der Waals surface area contributed by atoms with Gasteiger partial charge in [-0.25, -0.2) is 0 Å². The number of carbonyl (C=O) groups is 1. The SMILES string of the molecule is CC(N)CCC(=O)N1CCc2c(Cl)cccc21. The van der Waals surface area contributed by atoms with Crippen molar-refractivity contribution in [1.82, 2.24) is 0 Å². The Morgan fingerprint density at radius 1 is 1.59 bits per heavy atom. The van der Waals surface area contributed by atoms with Crippen LogP contribution in [-0.2, 0) is 11.2 Å². The maximum Gasteiger partial charge on any atom is 0.227 e. The molecule has 2 rings (SSSR count). The van der Waals surface area contributed by atoms with E-state index in [-0.39, 0.29) is 11.9 Å². The van der Waals surface area contributed by atoms with Gasteiger partial charge in [-0.05, 0) is 37.5 Å². The standard InChI is InChI=1S/C13H17ClN2O/c1-9(15)5-6-13(17)16-8-7-10-11(14)3-2-4-12(10)16/h2-4,9H,5-8,15H2,1H3. The first-order valence-electron chi connectivity index (χ1n) is 5.93. The van der Waals surface area contributed by atoms with Crippen LogP contribution in [0.25, 0.3) is 0 Å². The maximum absolute atomic E-state index is 12.1. The van der Waals surface area contributed by atoms with E-state index in [1.54, 1.807) is 0 Å². The zero-order chi connectivity index (χ0) is 12.4. The molecule has 1 heterocycles. The van der Waals surface area contributed by atoms with Crippen molar-refractivity contribution in [3.8, 4) is 0 Å². The summed E-state index contributed by atoms with van der Waals surface area (Å²) in [6.45, 7) is 2.65. The van der Waals surface area contributed by atoms with Crippen molar-refractivity contribution in [2.45, 2.75) is 32.2 Å². The molecule has 0 bridgehead atoms. The van der Waals surface area contributed by atoms with Crippen molar-refractivity contribution >= 4 is 23.2 Å². The number of rotatable bonds is 3. The van der Waals surface area contributed by atoms with Crippen LogP contribution in [0.2, 0.25) is 5.02 Å². The van der Waals surface area contributed by atoms with Crippen LogP contribution in [0.3, 0.4) is 0 Å². The van der Waals surface area contributed by atoms with E-state index in [4.69, 9.17) is 17.3 Å². The van der Waals surface area contributed by atoms with Gasteiger partial charge in [0, 0.05) is 29.7 Å². The van der Waals surface area contributed by atoms with Crippen molar-refractivity contribution in [3.63, 3.8) is 0 Å². The minimum atomic E-state index is 0.0698. The zero-order valence-electron chi connectivity index (χ0n) is 9.95. The van der Waals surface area contributed by atoms with Crippen LogP contribution in [-0.4, -0.2) is 18.5 Å². The van der Waals surface area contributed by atoms with Gasteiger partial charge in [0.25, 0.3) is 0 Å². The number of carbonyl (C=O) groups excluding carboxylic acids is 1. The Balaban J connectivity index is 2.11. The predicted molar refractivity (Wildman–Crippen MR) is 70.4 cm³/mol. The Kier molecular flexibility index (Phi) is 3.69. The van der Waals surface area contributed by atoms with Gasteiger partial charge in [-0.15, -0.1) is 0 Å². The summed E-state index contributed by atoms with van der Waals surface area (Å²) in [7, 11) is 0. The van der Waals surface area contributed by atoms with E-state index in [9.17, 15) is 4.79 Å². The van der Waals surface area contributed by atoms with Gasteiger partial charge in [0.1, 0.15) is 0 Å². The van der Waals surface area contributed by atoms with Crippen molar-refractivity contribution < 1.29 is 4.79 Å². The van der Waals surface area contributed by atoms with E-state index < -0.39 is 0 Å². The van der Waals surface area contributed by atoms with E-state index in [2.05, 4.69) is 0 Å². The number of nitrogens with two attached hydrogens (primary N) is 1. The van der Waals surface area contributed by atoms with E-state index >= 15 is 0 Å². The monoisotopic (exact) mass is 252 g/mol. The number of benzene rings is 1. The van der Waals surface area contributed by atoms with Gasteiger partial charge in [-0.3, -0.25) is 4.79 Å². The Hall–Kier alpha value is -1.06. The van der Waals surface area contributed by atoms with Crippen LogP contribution in [0.4, 0.5) is 5.69 Å². The highest BCUT2D eigenvalue weighted by atomic mass is 35.5. The second-order valence-corrected chi connectivity index (χ2v) is 4.96. The molecule has 0 spiro atoms. The average molecular weight is 253 g/mol.